The second kappa shape index (κ2) is 5.44. The first kappa shape index (κ1) is 13.4. The number of fused-ring (bicyclic) bond motifs is 1. The molecule has 1 aromatic carbocycles. The molecule has 0 aliphatic heterocycles. The zero-order chi connectivity index (χ0) is 14.1. The van der Waals surface area contributed by atoms with Crippen molar-refractivity contribution in [2.24, 2.45) is 0 Å². The highest BCUT2D eigenvalue weighted by Gasteiger charge is 2.05. The highest BCUT2D eigenvalue weighted by atomic mass is 35.5. The van der Waals surface area contributed by atoms with Gasteiger partial charge in [-0.05, 0) is 12.1 Å². The molecule has 0 radical (unpaired) electrons. The minimum absolute atomic E-state index is 0.121. The molecule has 0 aliphatic carbocycles. The molecule has 3 aromatic rings. The topological polar surface area (TPSA) is 43.6 Å². The number of hydrogen-bond acceptors (Lipinski definition) is 4. The normalized spacial score (nSPS) is 10.9. The van der Waals surface area contributed by atoms with E-state index >= 15 is 0 Å². The third-order valence-electron chi connectivity index (χ3n) is 2.63. The lowest BCUT2D eigenvalue weighted by Crippen LogP contribution is -2.14. The number of benzene rings is 1. The summed E-state index contributed by atoms with van der Waals surface area (Å²) in [6.45, 7) is 0.196. The van der Waals surface area contributed by atoms with Crippen molar-refractivity contribution in [2.75, 3.05) is 0 Å². The number of hydrogen-bond donors (Lipinski definition) is 0. The number of aromatic nitrogens is 2. The Morgan fingerprint density at radius 1 is 1.25 bits per heavy atom. The van der Waals surface area contributed by atoms with E-state index in [1.54, 1.807) is 24.4 Å². The van der Waals surface area contributed by atoms with Crippen LogP contribution in [-0.2, 0) is 6.61 Å². The molecule has 7 heteroatoms. The average Bonchev–Trinajstić information content (AvgIpc) is 2.89. The highest BCUT2D eigenvalue weighted by molar-refractivity contribution is 7.15. The second-order valence-corrected chi connectivity index (χ2v) is 5.69. The molecule has 0 N–H and O–H groups in total. The van der Waals surface area contributed by atoms with Crippen LogP contribution in [0.25, 0.3) is 4.96 Å². The van der Waals surface area contributed by atoms with Crippen molar-refractivity contribution in [3.63, 3.8) is 0 Å². The SMILES string of the molecule is O=c1cc(COc2ccc(Cl)c(Cl)c2)nc2sccn12. The van der Waals surface area contributed by atoms with Crippen molar-refractivity contribution < 1.29 is 4.74 Å². The molecule has 0 saturated heterocycles. The molecular weight excluding hydrogens is 319 g/mol. The van der Waals surface area contributed by atoms with E-state index in [0.717, 1.165) is 0 Å². The summed E-state index contributed by atoms with van der Waals surface area (Å²) in [5.74, 6) is 0.576. The molecule has 20 heavy (non-hydrogen) atoms. The van der Waals surface area contributed by atoms with Crippen LogP contribution in [0, 0.1) is 0 Å². The summed E-state index contributed by atoms with van der Waals surface area (Å²) in [5, 5.41) is 2.70. The maximum absolute atomic E-state index is 11.8. The van der Waals surface area contributed by atoms with Crippen LogP contribution in [0.5, 0.6) is 5.75 Å². The molecular formula is C13H8Cl2N2O2S. The van der Waals surface area contributed by atoms with E-state index < -0.39 is 0 Å². The predicted molar refractivity (Wildman–Crippen MR) is 80.1 cm³/mol. The van der Waals surface area contributed by atoms with Crippen molar-refractivity contribution in [1.29, 1.82) is 0 Å². The van der Waals surface area contributed by atoms with Gasteiger partial charge in [0.2, 0.25) is 0 Å². The van der Waals surface area contributed by atoms with Gasteiger partial charge < -0.3 is 4.74 Å². The smallest absolute Gasteiger partial charge is 0.258 e. The standard InChI is InChI=1S/C13H8Cl2N2O2S/c14-10-2-1-9(6-11(10)15)19-7-8-5-12(18)17-3-4-20-13(17)16-8/h1-6H,7H2. The van der Waals surface area contributed by atoms with Crippen molar-refractivity contribution in [3.05, 3.63) is 61.9 Å². The van der Waals surface area contributed by atoms with Gasteiger partial charge in [-0.2, -0.15) is 0 Å². The lowest BCUT2D eigenvalue weighted by Gasteiger charge is -2.06. The summed E-state index contributed by atoms with van der Waals surface area (Å²) in [4.78, 5) is 16.8. The van der Waals surface area contributed by atoms with Crippen LogP contribution in [0.15, 0.2) is 40.6 Å². The Morgan fingerprint density at radius 2 is 2.10 bits per heavy atom. The number of rotatable bonds is 3. The summed E-state index contributed by atoms with van der Waals surface area (Å²) in [7, 11) is 0. The number of halogens is 2. The maximum Gasteiger partial charge on any atom is 0.258 e. The molecule has 0 unspecified atom stereocenters. The molecule has 0 bridgehead atoms. The van der Waals surface area contributed by atoms with Gasteiger partial charge in [-0.15, -0.1) is 11.3 Å². The molecule has 3 rings (SSSR count). The van der Waals surface area contributed by atoms with E-state index in [-0.39, 0.29) is 12.2 Å². The summed E-state index contributed by atoms with van der Waals surface area (Å²) in [5.41, 5.74) is 0.451. The van der Waals surface area contributed by atoms with E-state index in [2.05, 4.69) is 4.98 Å². The van der Waals surface area contributed by atoms with Gasteiger partial charge >= 0.3 is 0 Å². The first-order valence-electron chi connectivity index (χ1n) is 5.67. The number of nitrogens with zero attached hydrogens (tertiary/aromatic N) is 2. The average molecular weight is 327 g/mol. The largest absolute Gasteiger partial charge is 0.487 e. The van der Waals surface area contributed by atoms with Crippen LogP contribution < -0.4 is 10.3 Å². The Kier molecular flexibility index (Phi) is 3.65. The Morgan fingerprint density at radius 3 is 2.90 bits per heavy atom. The van der Waals surface area contributed by atoms with E-state index in [0.29, 0.717) is 26.4 Å². The predicted octanol–water partition coefficient (Wildman–Crippen LogP) is 3.64. The lowest BCUT2D eigenvalue weighted by atomic mass is 10.3. The van der Waals surface area contributed by atoms with Gasteiger partial charge in [-0.3, -0.25) is 9.20 Å². The molecule has 0 amide bonds. The van der Waals surface area contributed by atoms with Gasteiger partial charge in [-0.25, -0.2) is 4.98 Å². The Balaban J connectivity index is 1.82. The van der Waals surface area contributed by atoms with Gasteiger partial charge in [0.15, 0.2) is 4.96 Å². The van der Waals surface area contributed by atoms with E-state index in [1.165, 1.54) is 21.8 Å². The molecule has 4 nitrogen and oxygen atoms in total. The second-order valence-electron chi connectivity index (χ2n) is 4.01. The molecule has 0 atom stereocenters. The molecule has 102 valence electrons. The van der Waals surface area contributed by atoms with Crippen LogP contribution in [0.4, 0.5) is 0 Å². The van der Waals surface area contributed by atoms with Crippen LogP contribution >= 0.6 is 34.5 Å². The van der Waals surface area contributed by atoms with Gasteiger partial charge in [0.25, 0.3) is 5.56 Å². The Bertz CT molecular complexity index is 829. The Hall–Kier alpha value is -1.56. The van der Waals surface area contributed by atoms with Crippen LogP contribution in [0.2, 0.25) is 10.0 Å². The number of thiazole rings is 1. The van der Waals surface area contributed by atoms with Gasteiger partial charge in [-0.1, -0.05) is 23.2 Å². The zero-order valence-electron chi connectivity index (χ0n) is 10.0. The maximum atomic E-state index is 11.8. The van der Waals surface area contributed by atoms with Crippen molar-refractivity contribution >= 4 is 39.5 Å². The van der Waals surface area contributed by atoms with E-state index in [4.69, 9.17) is 27.9 Å². The summed E-state index contributed by atoms with van der Waals surface area (Å²) >= 11 is 13.1. The zero-order valence-corrected chi connectivity index (χ0v) is 12.4. The first-order chi connectivity index (χ1) is 9.63. The fourth-order valence-corrected chi connectivity index (χ4v) is 2.71. The molecule has 0 saturated carbocycles. The molecule has 0 aliphatic rings. The van der Waals surface area contributed by atoms with Gasteiger partial charge in [0, 0.05) is 23.7 Å². The monoisotopic (exact) mass is 326 g/mol. The summed E-state index contributed by atoms with van der Waals surface area (Å²) < 4.78 is 7.05. The lowest BCUT2D eigenvalue weighted by molar-refractivity contribution is 0.301. The molecule has 0 fully saturated rings. The van der Waals surface area contributed by atoms with Crippen LogP contribution in [0.3, 0.4) is 0 Å². The highest BCUT2D eigenvalue weighted by Crippen LogP contribution is 2.26. The Labute approximate surface area is 128 Å². The quantitative estimate of drug-likeness (QED) is 0.738. The van der Waals surface area contributed by atoms with Crippen molar-refractivity contribution in [3.8, 4) is 5.75 Å². The van der Waals surface area contributed by atoms with Crippen molar-refractivity contribution in [1.82, 2.24) is 9.38 Å². The first-order valence-corrected chi connectivity index (χ1v) is 7.31. The number of ether oxygens (including phenoxy) is 1. The van der Waals surface area contributed by atoms with Crippen LogP contribution in [0.1, 0.15) is 5.69 Å². The van der Waals surface area contributed by atoms with E-state index in [9.17, 15) is 4.79 Å². The van der Waals surface area contributed by atoms with E-state index in [1.807, 2.05) is 5.38 Å². The minimum atomic E-state index is -0.121. The fourth-order valence-electron chi connectivity index (χ4n) is 1.69. The van der Waals surface area contributed by atoms with Crippen LogP contribution in [-0.4, -0.2) is 9.38 Å². The third kappa shape index (κ3) is 2.65. The minimum Gasteiger partial charge on any atom is -0.487 e. The van der Waals surface area contributed by atoms with Crippen molar-refractivity contribution in [2.45, 2.75) is 6.61 Å². The molecule has 2 aromatic heterocycles. The fraction of sp³-hybridized carbons (Fsp3) is 0.0769. The third-order valence-corrected chi connectivity index (χ3v) is 4.13. The van der Waals surface area contributed by atoms with Gasteiger partial charge in [0.1, 0.15) is 12.4 Å². The summed E-state index contributed by atoms with van der Waals surface area (Å²) in [6, 6.07) is 6.45. The molecule has 2 heterocycles. The molecule has 0 spiro atoms. The summed E-state index contributed by atoms with van der Waals surface area (Å²) in [6.07, 6.45) is 1.69. The van der Waals surface area contributed by atoms with Gasteiger partial charge in [0.05, 0.1) is 15.7 Å².